The van der Waals surface area contributed by atoms with E-state index in [1.807, 2.05) is 75.5 Å². The van der Waals surface area contributed by atoms with Crippen molar-refractivity contribution in [1.82, 2.24) is 24.5 Å². The van der Waals surface area contributed by atoms with Crippen LogP contribution in [0.1, 0.15) is 58.7 Å². The van der Waals surface area contributed by atoms with Crippen molar-refractivity contribution in [3.63, 3.8) is 0 Å². The summed E-state index contributed by atoms with van der Waals surface area (Å²) in [6, 6.07) is 29.0. The van der Waals surface area contributed by atoms with Crippen LogP contribution < -0.4 is 0 Å². The highest BCUT2D eigenvalue weighted by atomic mass is 16.3. The second-order valence-electron chi connectivity index (χ2n) is 12.7. The van der Waals surface area contributed by atoms with Crippen molar-refractivity contribution in [1.29, 1.82) is 0 Å². The minimum absolute atomic E-state index is 0.0347. The SMILES string of the molecule is Cc1cc2ncc3cc(-c4ccccc4)c(-c4ccc(C5(N6C(=O)c7ccccc7C6=O)CC(O)(C(C)C)C5)cc4)nc3n2n1. The number of aliphatic hydroxyl groups is 1. The second kappa shape index (κ2) is 9.64. The first-order chi connectivity index (χ1) is 21.7. The van der Waals surface area contributed by atoms with E-state index >= 15 is 0 Å². The zero-order chi connectivity index (χ0) is 31.1. The smallest absolute Gasteiger partial charge is 0.262 e. The van der Waals surface area contributed by atoms with Gasteiger partial charge < -0.3 is 5.11 Å². The van der Waals surface area contributed by atoms with Gasteiger partial charge in [0.25, 0.3) is 11.8 Å². The minimum atomic E-state index is -0.990. The van der Waals surface area contributed by atoms with E-state index in [1.54, 1.807) is 28.8 Å². The van der Waals surface area contributed by atoms with Crippen LogP contribution in [0.3, 0.4) is 0 Å². The van der Waals surface area contributed by atoms with Crippen molar-refractivity contribution >= 4 is 28.5 Å². The van der Waals surface area contributed by atoms with Gasteiger partial charge in [-0.15, -0.1) is 0 Å². The highest BCUT2D eigenvalue weighted by Gasteiger charge is 2.63. The summed E-state index contributed by atoms with van der Waals surface area (Å²) in [4.78, 5) is 38.6. The molecule has 0 unspecified atom stereocenters. The molecule has 2 aliphatic rings. The summed E-state index contributed by atoms with van der Waals surface area (Å²) in [6.45, 7) is 5.88. The fraction of sp³-hybridized carbons (Fsp3) is 0.216. The molecule has 3 aromatic carbocycles. The number of pyridine rings is 1. The number of aryl methyl sites for hydroxylation is 1. The molecule has 8 rings (SSSR count). The Bertz CT molecular complexity index is 2130. The number of carbonyl (C=O) groups excluding carboxylic acids is 2. The van der Waals surface area contributed by atoms with Gasteiger partial charge in [0.05, 0.1) is 33.7 Å². The summed E-state index contributed by atoms with van der Waals surface area (Å²) in [5.74, 6) is -0.673. The Morgan fingerprint density at radius 3 is 2.09 bits per heavy atom. The number of amides is 2. The maximum atomic E-state index is 13.7. The number of benzene rings is 3. The molecule has 45 heavy (non-hydrogen) atoms. The quantitative estimate of drug-likeness (QED) is 0.226. The monoisotopic (exact) mass is 593 g/mol. The Kier molecular flexibility index (Phi) is 5.86. The Hall–Kier alpha value is -5.21. The van der Waals surface area contributed by atoms with Crippen LogP contribution in [0.4, 0.5) is 0 Å². The molecular formula is C37H31N5O3. The van der Waals surface area contributed by atoms with E-state index in [0.29, 0.717) is 16.8 Å². The van der Waals surface area contributed by atoms with Crippen molar-refractivity contribution in [3.05, 3.63) is 120 Å². The van der Waals surface area contributed by atoms with E-state index in [2.05, 4.69) is 28.3 Å². The summed E-state index contributed by atoms with van der Waals surface area (Å²) in [6.07, 6.45) is 2.38. The summed E-state index contributed by atoms with van der Waals surface area (Å²) >= 11 is 0. The molecule has 0 bridgehead atoms. The number of hydrogen-bond donors (Lipinski definition) is 1. The lowest BCUT2D eigenvalue weighted by atomic mass is 9.57. The molecule has 1 fully saturated rings. The number of carbonyl (C=O) groups is 2. The van der Waals surface area contributed by atoms with E-state index in [9.17, 15) is 14.7 Å². The number of nitrogens with zero attached hydrogens (tertiary/aromatic N) is 5. The Balaban J connectivity index is 1.27. The largest absolute Gasteiger partial charge is 0.389 e. The number of hydrogen-bond acceptors (Lipinski definition) is 6. The Labute approximate surface area is 260 Å². The van der Waals surface area contributed by atoms with Crippen LogP contribution >= 0.6 is 0 Å². The number of imide groups is 1. The lowest BCUT2D eigenvalue weighted by Gasteiger charge is -2.58. The van der Waals surface area contributed by atoms with Crippen LogP contribution in [0.5, 0.6) is 0 Å². The average molecular weight is 594 g/mol. The molecule has 1 aliphatic carbocycles. The molecule has 2 amide bonds. The van der Waals surface area contributed by atoms with Crippen LogP contribution in [-0.4, -0.2) is 47.0 Å². The van der Waals surface area contributed by atoms with E-state index in [0.717, 1.165) is 44.7 Å². The van der Waals surface area contributed by atoms with Gasteiger partial charge in [-0.3, -0.25) is 14.5 Å². The van der Waals surface area contributed by atoms with Gasteiger partial charge in [-0.25, -0.2) is 9.97 Å². The Morgan fingerprint density at radius 1 is 0.800 bits per heavy atom. The third-order valence-corrected chi connectivity index (χ3v) is 9.65. The molecule has 1 saturated carbocycles. The van der Waals surface area contributed by atoms with Crippen molar-refractivity contribution in [3.8, 4) is 22.4 Å². The summed E-state index contributed by atoms with van der Waals surface area (Å²) in [5.41, 5.74) is 5.58. The predicted molar refractivity (Wildman–Crippen MR) is 172 cm³/mol. The first-order valence-corrected chi connectivity index (χ1v) is 15.2. The molecule has 8 heteroatoms. The maximum absolute atomic E-state index is 13.7. The van der Waals surface area contributed by atoms with Gasteiger partial charge in [-0.2, -0.15) is 9.61 Å². The third-order valence-electron chi connectivity index (χ3n) is 9.65. The van der Waals surface area contributed by atoms with Gasteiger partial charge >= 0.3 is 0 Å². The fourth-order valence-corrected chi connectivity index (χ4v) is 7.09. The van der Waals surface area contributed by atoms with Crippen molar-refractivity contribution in [2.45, 2.75) is 44.8 Å². The summed E-state index contributed by atoms with van der Waals surface area (Å²) in [7, 11) is 0. The molecular weight excluding hydrogens is 562 g/mol. The van der Waals surface area contributed by atoms with E-state index in [-0.39, 0.29) is 30.6 Å². The van der Waals surface area contributed by atoms with Crippen LogP contribution in [0.25, 0.3) is 39.1 Å². The average Bonchev–Trinajstić information content (AvgIpc) is 3.55. The third kappa shape index (κ3) is 3.98. The van der Waals surface area contributed by atoms with E-state index in [1.165, 1.54) is 4.90 Å². The van der Waals surface area contributed by atoms with Gasteiger partial charge in [0.2, 0.25) is 0 Å². The van der Waals surface area contributed by atoms with Gasteiger partial charge in [0.1, 0.15) is 0 Å². The van der Waals surface area contributed by atoms with Gasteiger partial charge in [-0.05, 0) is 42.2 Å². The summed E-state index contributed by atoms with van der Waals surface area (Å²) in [5, 5.41) is 17.0. The lowest BCUT2D eigenvalue weighted by Crippen LogP contribution is -2.66. The normalized spacial score (nSPS) is 21.1. The topological polar surface area (TPSA) is 101 Å². The van der Waals surface area contributed by atoms with Crippen LogP contribution in [0.2, 0.25) is 0 Å². The summed E-state index contributed by atoms with van der Waals surface area (Å²) < 4.78 is 1.77. The molecule has 222 valence electrons. The molecule has 1 aliphatic heterocycles. The second-order valence-corrected chi connectivity index (χ2v) is 12.7. The highest BCUT2D eigenvalue weighted by molar-refractivity contribution is 6.22. The standard InChI is InChI=1S/C37H31N5O3/c1-22(2)37(45)20-36(21-37,41-34(43)28-11-7-8-12-29(28)35(41)44)27-15-13-25(14-16-27)32-30(24-9-5-4-6-10-24)18-26-19-38-31-17-23(3)40-42(31)33(26)39-32/h4-19,22,45H,20-21H2,1-3H3. The predicted octanol–water partition coefficient (Wildman–Crippen LogP) is 6.59. The number of aromatic nitrogens is 4. The van der Waals surface area contributed by atoms with Gasteiger partial charge in [-0.1, -0.05) is 80.6 Å². The van der Waals surface area contributed by atoms with Crippen LogP contribution in [0, 0.1) is 12.8 Å². The van der Waals surface area contributed by atoms with Crippen LogP contribution in [-0.2, 0) is 5.54 Å². The van der Waals surface area contributed by atoms with Gasteiger partial charge in [0.15, 0.2) is 11.3 Å². The molecule has 8 nitrogen and oxygen atoms in total. The Morgan fingerprint density at radius 2 is 1.44 bits per heavy atom. The zero-order valence-electron chi connectivity index (χ0n) is 25.2. The van der Waals surface area contributed by atoms with E-state index in [4.69, 9.17) is 4.98 Å². The van der Waals surface area contributed by atoms with E-state index < -0.39 is 11.1 Å². The molecule has 0 atom stereocenters. The maximum Gasteiger partial charge on any atom is 0.262 e. The first-order valence-electron chi connectivity index (χ1n) is 15.2. The van der Waals surface area contributed by atoms with Crippen molar-refractivity contribution in [2.75, 3.05) is 0 Å². The molecule has 1 N–H and O–H groups in total. The zero-order valence-corrected chi connectivity index (χ0v) is 25.2. The molecule has 0 radical (unpaired) electrons. The minimum Gasteiger partial charge on any atom is -0.389 e. The van der Waals surface area contributed by atoms with Gasteiger partial charge in [0, 0.05) is 41.6 Å². The molecule has 3 aromatic heterocycles. The fourth-order valence-electron chi connectivity index (χ4n) is 7.09. The first kappa shape index (κ1) is 27.3. The van der Waals surface area contributed by atoms with Crippen molar-refractivity contribution in [2.24, 2.45) is 5.92 Å². The molecule has 0 saturated heterocycles. The van der Waals surface area contributed by atoms with Crippen LogP contribution in [0.15, 0.2) is 97.2 Å². The number of rotatable bonds is 5. The highest BCUT2D eigenvalue weighted by Crippen LogP contribution is 2.57. The molecule has 4 heterocycles. The molecule has 6 aromatic rings. The lowest BCUT2D eigenvalue weighted by molar-refractivity contribution is -0.156. The molecule has 0 spiro atoms. The van der Waals surface area contributed by atoms with Crippen molar-refractivity contribution < 1.29 is 14.7 Å². The number of fused-ring (bicyclic) bond motifs is 4.